The number of carbonyl (C=O) groups excluding carboxylic acids is 3. The Labute approximate surface area is 156 Å². The number of furan rings is 1. The predicted octanol–water partition coefficient (Wildman–Crippen LogP) is 1.64. The Morgan fingerprint density at radius 1 is 1.37 bits per heavy atom. The quantitative estimate of drug-likeness (QED) is 0.580. The molecule has 7 atom stereocenters. The topological polar surface area (TPSA) is 86.1 Å². The van der Waals surface area contributed by atoms with Gasteiger partial charge in [-0.25, -0.2) is 0 Å². The Kier molecular flexibility index (Phi) is 3.16. The lowest BCUT2D eigenvalue weighted by Crippen LogP contribution is -2.55. The molecule has 7 heteroatoms. The van der Waals surface area contributed by atoms with Crippen LogP contribution in [-0.2, 0) is 23.9 Å². The number of Topliss-reactive ketones (excluding diaryl/α,β-unsaturated/α-hetero) is 1. The predicted molar refractivity (Wildman–Crippen MR) is 91.2 cm³/mol. The fourth-order valence-electron chi connectivity index (χ4n) is 5.75. The molecule has 5 heterocycles. The van der Waals surface area contributed by atoms with Gasteiger partial charge >= 0.3 is 5.97 Å². The molecule has 3 fully saturated rings. The van der Waals surface area contributed by atoms with Gasteiger partial charge in [0.15, 0.2) is 0 Å². The van der Waals surface area contributed by atoms with Gasteiger partial charge in [0, 0.05) is 12.3 Å². The van der Waals surface area contributed by atoms with Crippen molar-refractivity contribution in [1.29, 1.82) is 0 Å². The van der Waals surface area contributed by atoms with Gasteiger partial charge < -0.3 is 18.8 Å². The first kappa shape index (κ1) is 16.7. The molecular weight excluding hydrogens is 350 g/mol. The molecule has 0 saturated carbocycles. The van der Waals surface area contributed by atoms with E-state index in [4.69, 9.17) is 13.9 Å². The van der Waals surface area contributed by atoms with E-state index in [-0.39, 0.29) is 18.1 Å². The Bertz CT molecular complexity index is 875. The summed E-state index contributed by atoms with van der Waals surface area (Å²) in [5, 5.41) is 0. The van der Waals surface area contributed by atoms with Gasteiger partial charge in [-0.15, -0.1) is 0 Å². The van der Waals surface area contributed by atoms with Crippen LogP contribution >= 0.6 is 0 Å². The monoisotopic (exact) mass is 371 g/mol. The SMILES string of the molecule is COC(=O)[C@]1(C)[C@H]2C=C[C@@]3(O2)[C@@H]2[C@@H](C)C(=O)C[C@H](c4ccco4)N2C(=O)[C@@H]31. The first-order valence-electron chi connectivity index (χ1n) is 9.20. The highest BCUT2D eigenvalue weighted by atomic mass is 16.6. The second-order valence-corrected chi connectivity index (χ2v) is 8.14. The van der Waals surface area contributed by atoms with E-state index < -0.39 is 47.0 Å². The highest BCUT2D eigenvalue weighted by Gasteiger charge is 2.78. The van der Waals surface area contributed by atoms with Crippen LogP contribution in [0.15, 0.2) is 35.0 Å². The molecule has 3 saturated heterocycles. The van der Waals surface area contributed by atoms with Crippen LogP contribution in [-0.4, -0.2) is 47.4 Å². The van der Waals surface area contributed by atoms with Gasteiger partial charge in [-0.1, -0.05) is 19.1 Å². The third-order valence-corrected chi connectivity index (χ3v) is 6.98. The summed E-state index contributed by atoms with van der Waals surface area (Å²) >= 11 is 0. The molecule has 0 N–H and O–H groups in total. The standard InChI is InChI=1S/C20H21NO6/c1-10-12(22)9-11(13-5-4-8-26-13)21-16(10)20-7-6-14(27-20)19(2,18(24)25-3)15(20)17(21)23/h4-8,10-11,14-16H,9H2,1-3H3/t10-,11+,14+,15+,16-,19+,20-/m0/s1. The molecule has 1 spiro atoms. The van der Waals surface area contributed by atoms with E-state index in [1.54, 1.807) is 24.0 Å². The van der Waals surface area contributed by atoms with Gasteiger partial charge in [0.1, 0.15) is 22.6 Å². The maximum atomic E-state index is 13.7. The van der Waals surface area contributed by atoms with Gasteiger partial charge in [0.25, 0.3) is 0 Å². The summed E-state index contributed by atoms with van der Waals surface area (Å²) in [6.07, 6.45) is 4.91. The lowest BCUT2D eigenvalue weighted by Gasteiger charge is -2.43. The number of ketones is 1. The minimum Gasteiger partial charge on any atom is -0.468 e. The highest BCUT2D eigenvalue weighted by Crippen LogP contribution is 2.64. The first-order chi connectivity index (χ1) is 12.9. The number of nitrogens with zero attached hydrogens (tertiary/aromatic N) is 1. The Balaban J connectivity index is 1.68. The average molecular weight is 371 g/mol. The molecule has 2 bridgehead atoms. The van der Waals surface area contributed by atoms with E-state index in [1.165, 1.54) is 13.4 Å². The van der Waals surface area contributed by atoms with Crippen molar-refractivity contribution in [2.75, 3.05) is 7.11 Å². The van der Waals surface area contributed by atoms with Crippen LogP contribution in [0.4, 0.5) is 0 Å². The summed E-state index contributed by atoms with van der Waals surface area (Å²) < 4.78 is 16.9. The zero-order chi connectivity index (χ0) is 19.1. The van der Waals surface area contributed by atoms with E-state index >= 15 is 0 Å². The van der Waals surface area contributed by atoms with Crippen LogP contribution in [0.25, 0.3) is 0 Å². The van der Waals surface area contributed by atoms with E-state index in [2.05, 4.69) is 0 Å². The molecular formula is C20H21NO6. The molecule has 0 unspecified atom stereocenters. The zero-order valence-electron chi connectivity index (χ0n) is 15.4. The second-order valence-electron chi connectivity index (χ2n) is 8.14. The molecule has 5 rings (SSSR count). The minimum atomic E-state index is -1.12. The Morgan fingerprint density at radius 3 is 2.81 bits per heavy atom. The molecule has 0 aliphatic carbocycles. The third kappa shape index (κ3) is 1.74. The molecule has 1 aromatic rings. The summed E-state index contributed by atoms with van der Waals surface area (Å²) in [5.74, 6) is -1.13. The van der Waals surface area contributed by atoms with Gasteiger partial charge in [-0.3, -0.25) is 14.4 Å². The van der Waals surface area contributed by atoms with Crippen LogP contribution in [0.5, 0.6) is 0 Å². The van der Waals surface area contributed by atoms with E-state index in [1.807, 2.05) is 19.1 Å². The summed E-state index contributed by atoms with van der Waals surface area (Å²) in [7, 11) is 1.32. The number of amides is 1. The average Bonchev–Trinajstić information content (AvgIpc) is 3.40. The lowest BCUT2D eigenvalue weighted by molar-refractivity contribution is -0.162. The van der Waals surface area contributed by atoms with E-state index in [0.717, 1.165) is 0 Å². The molecule has 0 radical (unpaired) electrons. The van der Waals surface area contributed by atoms with Crippen molar-refractivity contribution in [2.24, 2.45) is 17.3 Å². The zero-order valence-corrected chi connectivity index (χ0v) is 15.4. The summed E-state index contributed by atoms with van der Waals surface area (Å²) in [6, 6.07) is 2.56. The van der Waals surface area contributed by atoms with Crippen molar-refractivity contribution < 1.29 is 28.3 Å². The van der Waals surface area contributed by atoms with Gasteiger partial charge in [0.05, 0.1) is 37.5 Å². The van der Waals surface area contributed by atoms with Gasteiger partial charge in [-0.2, -0.15) is 0 Å². The lowest BCUT2D eigenvalue weighted by atomic mass is 9.63. The van der Waals surface area contributed by atoms with Crippen LogP contribution < -0.4 is 0 Å². The fraction of sp³-hybridized carbons (Fsp3) is 0.550. The van der Waals surface area contributed by atoms with Crippen LogP contribution in [0.2, 0.25) is 0 Å². The van der Waals surface area contributed by atoms with Crippen LogP contribution in [0.1, 0.15) is 32.1 Å². The van der Waals surface area contributed by atoms with Crippen molar-refractivity contribution in [1.82, 2.24) is 4.90 Å². The fourth-order valence-corrected chi connectivity index (χ4v) is 5.75. The summed E-state index contributed by atoms with van der Waals surface area (Å²) in [6.45, 7) is 3.56. The van der Waals surface area contributed by atoms with Crippen molar-refractivity contribution >= 4 is 17.7 Å². The number of hydrogen-bond acceptors (Lipinski definition) is 6. The third-order valence-electron chi connectivity index (χ3n) is 6.98. The smallest absolute Gasteiger partial charge is 0.315 e. The summed E-state index contributed by atoms with van der Waals surface area (Å²) in [5.41, 5.74) is -2.11. The molecule has 4 aliphatic rings. The number of esters is 1. The number of carbonyl (C=O) groups is 3. The van der Waals surface area contributed by atoms with Crippen LogP contribution in [0.3, 0.4) is 0 Å². The molecule has 0 aromatic carbocycles. The van der Waals surface area contributed by atoms with Crippen LogP contribution in [0, 0.1) is 17.3 Å². The molecule has 1 aromatic heterocycles. The second kappa shape index (κ2) is 5.10. The van der Waals surface area contributed by atoms with Crippen molar-refractivity contribution in [3.63, 3.8) is 0 Å². The number of methoxy groups -OCH3 is 1. The first-order valence-corrected chi connectivity index (χ1v) is 9.20. The molecule has 7 nitrogen and oxygen atoms in total. The number of ether oxygens (including phenoxy) is 2. The molecule has 1 amide bonds. The van der Waals surface area contributed by atoms with Crippen molar-refractivity contribution in [3.05, 3.63) is 36.3 Å². The van der Waals surface area contributed by atoms with E-state index in [9.17, 15) is 14.4 Å². The highest BCUT2D eigenvalue weighted by molar-refractivity contribution is 5.97. The molecule has 27 heavy (non-hydrogen) atoms. The molecule has 4 aliphatic heterocycles. The van der Waals surface area contributed by atoms with Gasteiger partial charge in [-0.05, 0) is 19.1 Å². The number of rotatable bonds is 2. The summed E-state index contributed by atoms with van der Waals surface area (Å²) in [4.78, 5) is 40.9. The molecule has 142 valence electrons. The van der Waals surface area contributed by atoms with Crippen molar-refractivity contribution in [3.8, 4) is 0 Å². The minimum absolute atomic E-state index is 0.0626. The maximum Gasteiger partial charge on any atom is 0.315 e. The normalized spacial score (nSPS) is 44.6. The van der Waals surface area contributed by atoms with Crippen molar-refractivity contribution in [2.45, 2.75) is 44.1 Å². The number of hydrogen-bond donors (Lipinski definition) is 0. The van der Waals surface area contributed by atoms with E-state index in [0.29, 0.717) is 5.76 Å². The van der Waals surface area contributed by atoms with Gasteiger partial charge in [0.2, 0.25) is 5.91 Å². The maximum absolute atomic E-state index is 13.7. The number of fused-ring (bicyclic) bond motifs is 2. The Hall–Kier alpha value is -2.41. The number of piperidine rings is 1. The largest absolute Gasteiger partial charge is 0.468 e. The Morgan fingerprint density at radius 2 is 2.15 bits per heavy atom.